The van der Waals surface area contributed by atoms with Crippen LogP contribution in [0.15, 0.2) is 53.6 Å². The highest BCUT2D eigenvalue weighted by atomic mass is 32.1. The van der Waals surface area contributed by atoms with Crippen molar-refractivity contribution < 1.29 is 14.6 Å². The number of hydrogen-bond donors (Lipinski definition) is 1. The van der Waals surface area contributed by atoms with Gasteiger partial charge in [0.2, 0.25) is 0 Å². The third-order valence-electron chi connectivity index (χ3n) is 5.73. The highest BCUT2D eigenvalue weighted by molar-refractivity contribution is 7.16. The molecule has 1 aromatic carbocycles. The molecule has 0 bridgehead atoms. The molecule has 0 spiro atoms. The lowest BCUT2D eigenvalue weighted by molar-refractivity contribution is 0.0897. The molecule has 4 aromatic rings. The van der Waals surface area contributed by atoms with E-state index in [0.29, 0.717) is 24.8 Å². The topological polar surface area (TPSA) is 91.4 Å². The van der Waals surface area contributed by atoms with Crippen LogP contribution < -0.4 is 9.61 Å². The van der Waals surface area contributed by atoms with Gasteiger partial charge in [0.25, 0.3) is 0 Å². The first-order valence-corrected chi connectivity index (χ1v) is 12.9. The molecule has 1 unspecified atom stereocenters. The SMILES string of the molecule is CC(c1ccc2c(c1)sc(=O)n2COCC[Si])c1ccn(-c2ccc(OCC(C)(C)CO)cn2)n1. The largest absolute Gasteiger partial charge is 0.491 e. The van der Waals surface area contributed by atoms with Gasteiger partial charge in [0, 0.05) is 34.4 Å². The predicted molar refractivity (Wildman–Crippen MR) is 138 cm³/mol. The van der Waals surface area contributed by atoms with Crippen LogP contribution in [0.2, 0.25) is 6.04 Å². The van der Waals surface area contributed by atoms with E-state index in [1.807, 2.05) is 50.4 Å². The fourth-order valence-corrected chi connectivity index (χ4v) is 4.56. The number of aromatic nitrogens is 4. The second-order valence-corrected chi connectivity index (χ2v) is 10.7. The van der Waals surface area contributed by atoms with Crippen LogP contribution in [0.3, 0.4) is 0 Å². The molecule has 10 heteroatoms. The van der Waals surface area contributed by atoms with Crippen molar-refractivity contribution in [3.63, 3.8) is 0 Å². The van der Waals surface area contributed by atoms with Gasteiger partial charge in [-0.25, -0.2) is 9.67 Å². The van der Waals surface area contributed by atoms with Crippen molar-refractivity contribution in [3.8, 4) is 11.6 Å². The quantitative estimate of drug-likeness (QED) is 0.245. The van der Waals surface area contributed by atoms with Crippen LogP contribution in [-0.2, 0) is 11.5 Å². The van der Waals surface area contributed by atoms with Gasteiger partial charge in [-0.3, -0.25) is 9.36 Å². The lowest BCUT2D eigenvalue weighted by Gasteiger charge is -2.21. The summed E-state index contributed by atoms with van der Waals surface area (Å²) in [7, 11) is 3.38. The van der Waals surface area contributed by atoms with E-state index in [0.717, 1.165) is 27.5 Å². The number of thiazole rings is 1. The number of fused-ring (bicyclic) bond motifs is 1. The van der Waals surface area contributed by atoms with Crippen LogP contribution in [0, 0.1) is 5.41 Å². The van der Waals surface area contributed by atoms with E-state index in [1.54, 1.807) is 15.4 Å². The van der Waals surface area contributed by atoms with Crippen molar-refractivity contribution in [1.82, 2.24) is 19.3 Å². The third-order valence-corrected chi connectivity index (χ3v) is 6.87. The Bertz CT molecular complexity index is 1330. The molecule has 0 saturated carbocycles. The van der Waals surface area contributed by atoms with E-state index >= 15 is 0 Å². The third kappa shape index (κ3) is 5.89. The smallest absolute Gasteiger partial charge is 0.310 e. The maximum absolute atomic E-state index is 12.4. The molecule has 1 N–H and O–H groups in total. The molecule has 1 atom stereocenters. The van der Waals surface area contributed by atoms with Crippen molar-refractivity contribution in [3.05, 3.63) is 69.7 Å². The molecular weight excluding hydrogens is 480 g/mol. The first kappa shape index (κ1) is 25.3. The van der Waals surface area contributed by atoms with E-state index in [4.69, 9.17) is 14.6 Å². The zero-order valence-corrected chi connectivity index (χ0v) is 21.9. The lowest BCUT2D eigenvalue weighted by Crippen LogP contribution is -2.25. The summed E-state index contributed by atoms with van der Waals surface area (Å²) in [6.45, 7) is 7.23. The predicted octanol–water partition coefficient (Wildman–Crippen LogP) is 3.75. The highest BCUT2D eigenvalue weighted by Gasteiger charge is 2.18. The second kappa shape index (κ2) is 10.9. The second-order valence-electron chi connectivity index (χ2n) is 9.18. The Hall–Kier alpha value is -2.79. The van der Waals surface area contributed by atoms with Crippen LogP contribution in [-0.4, -0.2) is 54.5 Å². The Kier molecular flexibility index (Phi) is 7.85. The molecule has 3 aromatic heterocycles. The van der Waals surface area contributed by atoms with E-state index in [1.165, 1.54) is 11.3 Å². The fourth-order valence-electron chi connectivity index (χ4n) is 3.49. The van der Waals surface area contributed by atoms with Crippen molar-refractivity contribution in [1.29, 1.82) is 0 Å². The van der Waals surface area contributed by atoms with E-state index in [9.17, 15) is 9.90 Å². The maximum Gasteiger partial charge on any atom is 0.310 e. The molecule has 0 saturated heterocycles. The van der Waals surface area contributed by atoms with E-state index in [2.05, 4.69) is 28.2 Å². The maximum atomic E-state index is 12.4. The molecule has 0 fully saturated rings. The van der Waals surface area contributed by atoms with Gasteiger partial charge in [-0.15, -0.1) is 0 Å². The summed E-state index contributed by atoms with van der Waals surface area (Å²) in [5, 5.41) is 14.1. The minimum Gasteiger partial charge on any atom is -0.491 e. The fraction of sp³-hybridized carbons (Fsp3) is 0.400. The minimum atomic E-state index is -0.311. The number of rotatable bonds is 11. The number of benzene rings is 1. The number of aliphatic hydroxyl groups is 1. The van der Waals surface area contributed by atoms with Crippen LogP contribution in [0.4, 0.5) is 0 Å². The van der Waals surface area contributed by atoms with Crippen molar-refractivity contribution in [2.24, 2.45) is 5.41 Å². The van der Waals surface area contributed by atoms with Crippen molar-refractivity contribution in [2.75, 3.05) is 19.8 Å². The average Bonchev–Trinajstić information content (AvgIpc) is 3.47. The summed E-state index contributed by atoms with van der Waals surface area (Å²) in [5.41, 5.74) is 2.56. The first-order valence-electron chi connectivity index (χ1n) is 11.4. The zero-order chi connectivity index (χ0) is 25.0. The number of pyridine rings is 1. The van der Waals surface area contributed by atoms with Crippen LogP contribution >= 0.6 is 11.3 Å². The van der Waals surface area contributed by atoms with Crippen molar-refractivity contribution in [2.45, 2.75) is 39.5 Å². The lowest BCUT2D eigenvalue weighted by atomic mass is 9.97. The molecule has 8 nitrogen and oxygen atoms in total. The van der Waals surface area contributed by atoms with E-state index in [-0.39, 0.29) is 29.5 Å². The van der Waals surface area contributed by atoms with Crippen LogP contribution in [0.5, 0.6) is 5.75 Å². The molecule has 0 aliphatic heterocycles. The molecule has 0 aliphatic carbocycles. The molecule has 3 heterocycles. The summed E-state index contributed by atoms with van der Waals surface area (Å²) >= 11 is 1.23. The minimum absolute atomic E-state index is 0.0264. The molecule has 0 amide bonds. The normalized spacial score (nSPS) is 12.8. The molecule has 183 valence electrons. The Morgan fingerprint density at radius 2 is 2.06 bits per heavy atom. The molecule has 35 heavy (non-hydrogen) atoms. The molecule has 3 radical (unpaired) electrons. The average molecular weight is 510 g/mol. The van der Waals surface area contributed by atoms with Gasteiger partial charge in [0.1, 0.15) is 12.5 Å². The number of hydrogen-bond acceptors (Lipinski definition) is 7. The molecule has 4 rings (SSSR count). The van der Waals surface area contributed by atoms with Gasteiger partial charge in [-0.1, -0.05) is 38.2 Å². The highest BCUT2D eigenvalue weighted by Crippen LogP contribution is 2.28. The Morgan fingerprint density at radius 1 is 1.23 bits per heavy atom. The summed E-state index contributed by atoms with van der Waals surface area (Å²) in [4.78, 5) is 16.9. The monoisotopic (exact) mass is 509 g/mol. The molecule has 0 aliphatic rings. The zero-order valence-electron chi connectivity index (χ0n) is 20.1. The number of ether oxygens (including phenoxy) is 2. The summed E-state index contributed by atoms with van der Waals surface area (Å²) in [5.74, 6) is 1.37. The van der Waals surface area contributed by atoms with Gasteiger partial charge in [-0.05, 0) is 41.9 Å². The van der Waals surface area contributed by atoms with Gasteiger partial charge in [-0.2, -0.15) is 5.10 Å². The number of aliphatic hydroxyl groups excluding tert-OH is 1. The van der Waals surface area contributed by atoms with E-state index < -0.39 is 0 Å². The van der Waals surface area contributed by atoms with Crippen LogP contribution in [0.25, 0.3) is 16.0 Å². The Balaban J connectivity index is 1.48. The summed E-state index contributed by atoms with van der Waals surface area (Å²) in [6.07, 6.45) is 3.55. The Morgan fingerprint density at radius 3 is 2.77 bits per heavy atom. The standard InChI is InChI=1S/C25H29N4O4SSi/c1-17(18-4-6-21-22(12-18)34-24(31)28(21)16-32-10-11-35)20-8-9-29(27-20)23-7-5-19(13-26-23)33-15-25(2,3)14-30/h4-9,12-13,17,30H,10-11,14-16H2,1-3H3. The van der Waals surface area contributed by atoms with Gasteiger partial charge in [0.15, 0.2) is 5.82 Å². The molecular formula is C25H29N4O4SSi. The van der Waals surface area contributed by atoms with Gasteiger partial charge >= 0.3 is 4.87 Å². The Labute approximate surface area is 211 Å². The number of nitrogens with zero attached hydrogens (tertiary/aromatic N) is 4. The van der Waals surface area contributed by atoms with Crippen LogP contribution in [0.1, 0.15) is 37.9 Å². The summed E-state index contributed by atoms with van der Waals surface area (Å²) < 4.78 is 15.6. The van der Waals surface area contributed by atoms with Gasteiger partial charge in [0.05, 0.1) is 35.3 Å². The van der Waals surface area contributed by atoms with Crippen molar-refractivity contribution >= 4 is 31.8 Å². The summed E-state index contributed by atoms with van der Waals surface area (Å²) in [6, 6.07) is 12.5. The first-order chi connectivity index (χ1) is 16.8. The van der Waals surface area contributed by atoms with Gasteiger partial charge < -0.3 is 14.6 Å².